The normalized spacial score (nSPS) is 12.9. The molecule has 0 bridgehead atoms. The number of fused-ring (bicyclic) bond motifs is 2. The first-order chi connectivity index (χ1) is 7.79. The van der Waals surface area contributed by atoms with Gasteiger partial charge in [-0.1, -0.05) is 18.2 Å². The van der Waals surface area contributed by atoms with Gasteiger partial charge in [-0.05, 0) is 25.5 Å². The lowest BCUT2D eigenvalue weighted by molar-refractivity contribution is 0.401. The number of rotatable bonds is 1. The quantitative estimate of drug-likeness (QED) is 0.622. The van der Waals surface area contributed by atoms with Crippen molar-refractivity contribution in [2.75, 3.05) is 0 Å². The molecule has 1 aliphatic heterocycles. The van der Waals surface area contributed by atoms with Gasteiger partial charge in [0.25, 0.3) is 0 Å². The third-order valence-electron chi connectivity index (χ3n) is 3.05. The van der Waals surface area contributed by atoms with Crippen LogP contribution in [-0.2, 0) is 13.0 Å². The molecule has 3 rings (SSSR count). The summed E-state index contributed by atoms with van der Waals surface area (Å²) in [5.74, 6) is 1.88. The van der Waals surface area contributed by atoms with Crippen LogP contribution in [0, 0.1) is 6.92 Å². The van der Waals surface area contributed by atoms with Gasteiger partial charge in [-0.3, -0.25) is 0 Å². The summed E-state index contributed by atoms with van der Waals surface area (Å²) in [6.45, 7) is 4.97. The van der Waals surface area contributed by atoms with E-state index in [9.17, 15) is 0 Å². The average Bonchev–Trinajstić information content (AvgIpc) is 2.63. The first-order valence-corrected chi connectivity index (χ1v) is 5.61. The highest BCUT2D eigenvalue weighted by Crippen LogP contribution is 2.37. The SMILES string of the molecule is CCn1nc(C)c2c1Oc1ccccc1C2. The Bertz CT molecular complexity index is 543. The Morgan fingerprint density at radius 3 is 3.00 bits per heavy atom. The summed E-state index contributed by atoms with van der Waals surface area (Å²) in [6, 6.07) is 8.18. The lowest BCUT2D eigenvalue weighted by Crippen LogP contribution is -2.06. The number of ether oxygens (including phenoxy) is 1. The Morgan fingerprint density at radius 1 is 1.38 bits per heavy atom. The van der Waals surface area contributed by atoms with Crippen molar-refractivity contribution in [3.05, 3.63) is 41.1 Å². The number of hydrogen-bond donors (Lipinski definition) is 0. The molecular formula is C13H14N2O. The molecule has 2 heterocycles. The van der Waals surface area contributed by atoms with E-state index in [0.29, 0.717) is 0 Å². The van der Waals surface area contributed by atoms with Gasteiger partial charge >= 0.3 is 0 Å². The molecule has 1 aromatic heterocycles. The molecule has 0 saturated carbocycles. The summed E-state index contributed by atoms with van der Waals surface area (Å²) in [6.07, 6.45) is 0.928. The highest BCUT2D eigenvalue weighted by atomic mass is 16.5. The van der Waals surface area contributed by atoms with Gasteiger partial charge in [-0.25, -0.2) is 4.68 Å². The van der Waals surface area contributed by atoms with E-state index in [0.717, 1.165) is 30.3 Å². The van der Waals surface area contributed by atoms with E-state index in [1.165, 1.54) is 11.1 Å². The van der Waals surface area contributed by atoms with Crippen LogP contribution >= 0.6 is 0 Å². The number of nitrogens with zero attached hydrogens (tertiary/aromatic N) is 2. The van der Waals surface area contributed by atoms with Gasteiger partial charge in [-0.2, -0.15) is 5.10 Å². The van der Waals surface area contributed by atoms with Crippen molar-refractivity contribution in [1.82, 2.24) is 9.78 Å². The number of benzene rings is 1. The molecule has 3 nitrogen and oxygen atoms in total. The Hall–Kier alpha value is -1.77. The Morgan fingerprint density at radius 2 is 2.19 bits per heavy atom. The van der Waals surface area contributed by atoms with Gasteiger partial charge in [0.15, 0.2) is 0 Å². The second kappa shape index (κ2) is 3.37. The molecule has 0 fully saturated rings. The summed E-state index contributed by atoms with van der Waals surface area (Å²) in [7, 11) is 0. The fourth-order valence-electron chi connectivity index (χ4n) is 2.17. The van der Waals surface area contributed by atoms with Crippen molar-refractivity contribution in [1.29, 1.82) is 0 Å². The summed E-state index contributed by atoms with van der Waals surface area (Å²) in [5, 5.41) is 4.49. The highest BCUT2D eigenvalue weighted by molar-refractivity contribution is 5.48. The van der Waals surface area contributed by atoms with E-state index in [1.54, 1.807) is 0 Å². The van der Waals surface area contributed by atoms with Crippen LogP contribution in [0.25, 0.3) is 0 Å². The molecule has 1 aromatic carbocycles. The molecule has 0 atom stereocenters. The third kappa shape index (κ3) is 1.24. The molecular weight excluding hydrogens is 200 g/mol. The predicted molar refractivity (Wildman–Crippen MR) is 62.0 cm³/mol. The molecule has 0 spiro atoms. The average molecular weight is 214 g/mol. The second-order valence-corrected chi connectivity index (χ2v) is 4.07. The number of hydrogen-bond acceptors (Lipinski definition) is 2. The molecule has 0 N–H and O–H groups in total. The van der Waals surface area contributed by atoms with E-state index < -0.39 is 0 Å². The van der Waals surface area contributed by atoms with Crippen molar-refractivity contribution >= 4 is 0 Å². The van der Waals surface area contributed by atoms with Gasteiger partial charge in [0.05, 0.1) is 5.69 Å². The van der Waals surface area contributed by atoms with Crippen molar-refractivity contribution in [3.8, 4) is 11.6 Å². The van der Waals surface area contributed by atoms with Gasteiger partial charge in [0, 0.05) is 18.5 Å². The van der Waals surface area contributed by atoms with Crippen molar-refractivity contribution in [2.24, 2.45) is 0 Å². The number of aryl methyl sites for hydroxylation is 2. The highest BCUT2D eigenvalue weighted by Gasteiger charge is 2.23. The third-order valence-corrected chi connectivity index (χ3v) is 3.05. The zero-order valence-electron chi connectivity index (χ0n) is 9.53. The molecule has 0 saturated heterocycles. The summed E-state index contributed by atoms with van der Waals surface area (Å²) in [5.41, 5.74) is 3.54. The van der Waals surface area contributed by atoms with E-state index in [1.807, 2.05) is 29.8 Å². The molecule has 0 amide bonds. The molecule has 3 heteroatoms. The van der Waals surface area contributed by atoms with Crippen LogP contribution in [0.2, 0.25) is 0 Å². The Labute approximate surface area is 94.7 Å². The maximum absolute atomic E-state index is 5.92. The summed E-state index contributed by atoms with van der Waals surface area (Å²) >= 11 is 0. The molecule has 16 heavy (non-hydrogen) atoms. The molecule has 82 valence electrons. The second-order valence-electron chi connectivity index (χ2n) is 4.07. The maximum Gasteiger partial charge on any atom is 0.221 e. The van der Waals surface area contributed by atoms with Gasteiger partial charge in [0.1, 0.15) is 5.75 Å². The molecule has 0 aliphatic carbocycles. The van der Waals surface area contributed by atoms with Crippen LogP contribution in [0.3, 0.4) is 0 Å². The van der Waals surface area contributed by atoms with Crippen LogP contribution < -0.4 is 4.74 Å². The largest absolute Gasteiger partial charge is 0.439 e. The van der Waals surface area contributed by atoms with Crippen molar-refractivity contribution < 1.29 is 4.74 Å². The summed E-state index contributed by atoms with van der Waals surface area (Å²) < 4.78 is 7.85. The smallest absolute Gasteiger partial charge is 0.221 e. The first-order valence-electron chi connectivity index (χ1n) is 5.61. The fourth-order valence-corrected chi connectivity index (χ4v) is 2.17. The number of aromatic nitrogens is 2. The monoisotopic (exact) mass is 214 g/mol. The zero-order chi connectivity index (χ0) is 11.1. The zero-order valence-corrected chi connectivity index (χ0v) is 9.53. The van der Waals surface area contributed by atoms with Crippen LogP contribution in [0.15, 0.2) is 24.3 Å². The van der Waals surface area contributed by atoms with E-state index in [4.69, 9.17) is 4.74 Å². The first kappa shape index (κ1) is 9.46. The van der Waals surface area contributed by atoms with Gasteiger partial charge in [-0.15, -0.1) is 0 Å². The number of para-hydroxylation sites is 1. The Balaban J connectivity index is 2.13. The van der Waals surface area contributed by atoms with Gasteiger partial charge in [0.2, 0.25) is 5.88 Å². The standard InChI is InChI=1S/C13H14N2O/c1-3-15-13-11(9(2)14-15)8-10-6-4-5-7-12(10)16-13/h4-7H,3,8H2,1-2H3. The topological polar surface area (TPSA) is 27.1 Å². The van der Waals surface area contributed by atoms with Crippen LogP contribution in [0.5, 0.6) is 11.6 Å². The van der Waals surface area contributed by atoms with Crippen molar-refractivity contribution in [2.45, 2.75) is 26.8 Å². The lowest BCUT2D eigenvalue weighted by Gasteiger charge is -2.18. The minimum atomic E-state index is 0.846. The van der Waals surface area contributed by atoms with Crippen molar-refractivity contribution in [3.63, 3.8) is 0 Å². The maximum atomic E-state index is 5.92. The van der Waals surface area contributed by atoms with E-state index in [-0.39, 0.29) is 0 Å². The van der Waals surface area contributed by atoms with Gasteiger partial charge < -0.3 is 4.74 Å². The molecule has 2 aromatic rings. The van der Waals surface area contributed by atoms with Crippen LogP contribution in [0.4, 0.5) is 0 Å². The van der Waals surface area contributed by atoms with E-state index >= 15 is 0 Å². The lowest BCUT2D eigenvalue weighted by atomic mass is 10.0. The predicted octanol–water partition coefficient (Wildman–Crippen LogP) is 2.91. The molecule has 0 radical (unpaired) electrons. The Kier molecular flexibility index (Phi) is 1.99. The van der Waals surface area contributed by atoms with E-state index in [2.05, 4.69) is 18.1 Å². The summed E-state index contributed by atoms with van der Waals surface area (Å²) in [4.78, 5) is 0. The minimum absolute atomic E-state index is 0.846. The minimum Gasteiger partial charge on any atom is -0.439 e. The molecule has 0 unspecified atom stereocenters. The van der Waals surface area contributed by atoms with Crippen LogP contribution in [-0.4, -0.2) is 9.78 Å². The van der Waals surface area contributed by atoms with Crippen LogP contribution in [0.1, 0.15) is 23.7 Å². The fraction of sp³-hybridized carbons (Fsp3) is 0.308. The molecule has 1 aliphatic rings.